The van der Waals surface area contributed by atoms with Crippen LogP contribution in [0.25, 0.3) is 0 Å². The highest BCUT2D eigenvalue weighted by atomic mass is 19.1. The lowest BCUT2D eigenvalue weighted by Gasteiger charge is -2.46. The van der Waals surface area contributed by atoms with Gasteiger partial charge in [0.2, 0.25) is 5.91 Å². The fraction of sp³-hybridized carbons (Fsp3) is 0.611. The van der Waals surface area contributed by atoms with Crippen LogP contribution in [0.15, 0.2) is 24.3 Å². The SMILES string of the molecule is O=C1NC2(CCN(Cc3cccc(F)c3)CC2)N2CCCC[C@H]12. The van der Waals surface area contributed by atoms with Crippen LogP contribution in [0.5, 0.6) is 0 Å². The first-order valence-electron chi connectivity index (χ1n) is 8.72. The molecule has 3 aliphatic rings. The van der Waals surface area contributed by atoms with Crippen molar-refractivity contribution in [2.75, 3.05) is 19.6 Å². The Morgan fingerprint density at radius 2 is 2.04 bits per heavy atom. The standard InChI is InChI=1S/C18H24FN3O/c19-15-5-3-4-14(12-15)13-21-10-7-18(8-11-21)20-17(23)16-6-1-2-9-22(16)18/h3-5,12,16H,1-2,6-11,13H2,(H,20,23)/t16-/m1/s1. The molecule has 0 radical (unpaired) electrons. The molecule has 1 spiro atoms. The molecule has 4 nitrogen and oxygen atoms in total. The summed E-state index contributed by atoms with van der Waals surface area (Å²) in [6, 6.07) is 6.94. The Labute approximate surface area is 136 Å². The van der Waals surface area contributed by atoms with Gasteiger partial charge in [-0.25, -0.2) is 4.39 Å². The maximum atomic E-state index is 13.3. The third-order valence-corrected chi connectivity index (χ3v) is 5.69. The highest BCUT2D eigenvalue weighted by Gasteiger charge is 2.52. The molecule has 1 atom stereocenters. The molecule has 23 heavy (non-hydrogen) atoms. The predicted octanol–water partition coefficient (Wildman–Crippen LogP) is 2.10. The summed E-state index contributed by atoms with van der Waals surface area (Å²) in [5, 5.41) is 3.31. The molecular weight excluding hydrogens is 293 g/mol. The molecule has 0 aromatic heterocycles. The third kappa shape index (κ3) is 2.76. The van der Waals surface area contributed by atoms with E-state index in [0.29, 0.717) is 0 Å². The summed E-state index contributed by atoms with van der Waals surface area (Å²) in [7, 11) is 0. The fourth-order valence-electron chi connectivity index (χ4n) is 4.49. The molecule has 1 aromatic carbocycles. The second kappa shape index (κ2) is 5.87. The van der Waals surface area contributed by atoms with Crippen molar-refractivity contribution < 1.29 is 9.18 Å². The lowest BCUT2D eigenvalue weighted by molar-refractivity contribution is -0.122. The number of likely N-dealkylation sites (tertiary alicyclic amines) is 1. The number of benzene rings is 1. The van der Waals surface area contributed by atoms with Gasteiger partial charge in [-0.1, -0.05) is 18.6 Å². The number of nitrogens with zero attached hydrogens (tertiary/aromatic N) is 2. The molecule has 4 rings (SSSR count). The summed E-state index contributed by atoms with van der Waals surface area (Å²) in [5.74, 6) is 0.0541. The first-order valence-corrected chi connectivity index (χ1v) is 8.72. The average Bonchev–Trinajstić information content (AvgIpc) is 2.83. The zero-order valence-corrected chi connectivity index (χ0v) is 13.4. The van der Waals surface area contributed by atoms with E-state index in [0.717, 1.165) is 57.4 Å². The van der Waals surface area contributed by atoms with E-state index in [1.165, 1.54) is 12.5 Å². The first-order chi connectivity index (χ1) is 11.2. The number of rotatable bonds is 2. The molecule has 3 saturated heterocycles. The summed E-state index contributed by atoms with van der Waals surface area (Å²) >= 11 is 0. The first kappa shape index (κ1) is 15.1. The van der Waals surface area contributed by atoms with Gasteiger partial charge >= 0.3 is 0 Å². The normalized spacial score (nSPS) is 27.9. The Balaban J connectivity index is 1.41. The van der Waals surface area contributed by atoms with Crippen molar-refractivity contribution in [3.8, 4) is 0 Å². The number of halogens is 1. The van der Waals surface area contributed by atoms with Crippen molar-refractivity contribution in [1.29, 1.82) is 0 Å². The molecule has 0 bridgehead atoms. The minimum Gasteiger partial charge on any atom is -0.336 e. The van der Waals surface area contributed by atoms with E-state index in [-0.39, 0.29) is 23.4 Å². The summed E-state index contributed by atoms with van der Waals surface area (Å²) in [5.41, 5.74) is 0.896. The maximum Gasteiger partial charge on any atom is 0.238 e. The van der Waals surface area contributed by atoms with Crippen molar-refractivity contribution in [3.63, 3.8) is 0 Å². The molecular formula is C18H24FN3O. The van der Waals surface area contributed by atoms with Crippen molar-refractivity contribution in [2.24, 2.45) is 0 Å². The van der Waals surface area contributed by atoms with Crippen LogP contribution in [0, 0.1) is 5.82 Å². The van der Waals surface area contributed by atoms with E-state index in [1.807, 2.05) is 6.07 Å². The highest BCUT2D eigenvalue weighted by molar-refractivity contribution is 5.85. The minimum absolute atomic E-state index is 0.0959. The summed E-state index contributed by atoms with van der Waals surface area (Å²) in [6.45, 7) is 3.71. The van der Waals surface area contributed by atoms with Crippen molar-refractivity contribution in [3.05, 3.63) is 35.6 Å². The molecule has 124 valence electrons. The van der Waals surface area contributed by atoms with Gasteiger partial charge in [-0.05, 0) is 43.4 Å². The van der Waals surface area contributed by atoms with Crippen LogP contribution in [0.4, 0.5) is 4.39 Å². The largest absolute Gasteiger partial charge is 0.336 e. The van der Waals surface area contributed by atoms with Gasteiger partial charge in [0.1, 0.15) is 5.82 Å². The number of amides is 1. The van der Waals surface area contributed by atoms with E-state index >= 15 is 0 Å². The second-order valence-corrected chi connectivity index (χ2v) is 7.13. The second-order valence-electron chi connectivity index (χ2n) is 7.13. The third-order valence-electron chi connectivity index (χ3n) is 5.69. The van der Waals surface area contributed by atoms with Gasteiger partial charge in [0.05, 0.1) is 11.7 Å². The molecule has 1 amide bonds. The highest BCUT2D eigenvalue weighted by Crippen LogP contribution is 2.37. The van der Waals surface area contributed by atoms with Gasteiger partial charge in [0, 0.05) is 26.2 Å². The molecule has 0 unspecified atom stereocenters. The van der Waals surface area contributed by atoms with Gasteiger partial charge < -0.3 is 5.32 Å². The maximum absolute atomic E-state index is 13.3. The van der Waals surface area contributed by atoms with Crippen molar-refractivity contribution in [1.82, 2.24) is 15.1 Å². The predicted molar refractivity (Wildman–Crippen MR) is 86.1 cm³/mol. The van der Waals surface area contributed by atoms with Crippen LogP contribution in [-0.2, 0) is 11.3 Å². The van der Waals surface area contributed by atoms with E-state index in [9.17, 15) is 9.18 Å². The van der Waals surface area contributed by atoms with E-state index in [1.54, 1.807) is 12.1 Å². The summed E-state index contributed by atoms with van der Waals surface area (Å²) < 4.78 is 13.3. The summed E-state index contributed by atoms with van der Waals surface area (Å²) in [4.78, 5) is 17.1. The van der Waals surface area contributed by atoms with E-state index in [4.69, 9.17) is 0 Å². The molecule has 3 aliphatic heterocycles. The van der Waals surface area contributed by atoms with Crippen LogP contribution in [0.1, 0.15) is 37.7 Å². The smallest absolute Gasteiger partial charge is 0.238 e. The van der Waals surface area contributed by atoms with Gasteiger partial charge in [-0.15, -0.1) is 0 Å². The van der Waals surface area contributed by atoms with Crippen LogP contribution in [0.3, 0.4) is 0 Å². The number of hydrogen-bond donors (Lipinski definition) is 1. The number of fused-ring (bicyclic) bond motifs is 2. The summed E-state index contributed by atoms with van der Waals surface area (Å²) in [6.07, 6.45) is 5.28. The number of carbonyl (C=O) groups excluding carboxylic acids is 1. The van der Waals surface area contributed by atoms with E-state index < -0.39 is 0 Å². The number of carbonyl (C=O) groups is 1. The molecule has 0 saturated carbocycles. The zero-order valence-electron chi connectivity index (χ0n) is 13.4. The lowest BCUT2D eigenvalue weighted by atomic mass is 9.93. The van der Waals surface area contributed by atoms with E-state index in [2.05, 4.69) is 15.1 Å². The Morgan fingerprint density at radius 3 is 2.83 bits per heavy atom. The Bertz CT molecular complexity index is 598. The minimum atomic E-state index is -0.171. The van der Waals surface area contributed by atoms with Crippen LogP contribution in [-0.4, -0.2) is 47.0 Å². The van der Waals surface area contributed by atoms with Crippen molar-refractivity contribution >= 4 is 5.91 Å². The lowest BCUT2D eigenvalue weighted by Crippen LogP contribution is -2.59. The zero-order chi connectivity index (χ0) is 15.9. The molecule has 3 heterocycles. The number of piperidine rings is 2. The topological polar surface area (TPSA) is 35.6 Å². The molecule has 1 N–H and O–H groups in total. The number of nitrogens with one attached hydrogen (secondary N) is 1. The van der Waals surface area contributed by atoms with Crippen LogP contribution >= 0.6 is 0 Å². The quantitative estimate of drug-likeness (QED) is 0.907. The fourth-order valence-corrected chi connectivity index (χ4v) is 4.49. The molecule has 0 aliphatic carbocycles. The van der Waals surface area contributed by atoms with Crippen molar-refractivity contribution in [2.45, 2.75) is 50.4 Å². The van der Waals surface area contributed by atoms with Crippen LogP contribution < -0.4 is 5.32 Å². The van der Waals surface area contributed by atoms with Crippen LogP contribution in [0.2, 0.25) is 0 Å². The van der Waals surface area contributed by atoms with Gasteiger partial charge in [0.25, 0.3) is 0 Å². The molecule has 3 fully saturated rings. The molecule has 5 heteroatoms. The molecule has 1 aromatic rings. The van der Waals surface area contributed by atoms with Gasteiger partial charge in [-0.2, -0.15) is 0 Å². The average molecular weight is 317 g/mol. The Morgan fingerprint density at radius 1 is 1.22 bits per heavy atom. The Hall–Kier alpha value is -1.46. The van der Waals surface area contributed by atoms with Gasteiger partial charge in [-0.3, -0.25) is 14.6 Å². The number of hydrogen-bond acceptors (Lipinski definition) is 3. The monoisotopic (exact) mass is 317 g/mol. The Kier molecular flexibility index (Phi) is 3.85. The van der Waals surface area contributed by atoms with Gasteiger partial charge in [0.15, 0.2) is 0 Å².